The molecule has 108 valence electrons. The molecule has 0 radical (unpaired) electrons. The van der Waals surface area contributed by atoms with Crippen LogP contribution in [0.4, 0.5) is 14.9 Å². The molecule has 0 atom stereocenters. The van der Waals surface area contributed by atoms with E-state index in [1.54, 1.807) is 0 Å². The van der Waals surface area contributed by atoms with Gasteiger partial charge < -0.3 is 20.4 Å². The molecule has 0 aromatic heterocycles. The number of benzene rings is 1. The van der Waals surface area contributed by atoms with Crippen LogP contribution in [0.1, 0.15) is 10.4 Å². The van der Waals surface area contributed by atoms with Crippen molar-refractivity contribution in [1.82, 2.24) is 4.90 Å². The molecule has 2 amide bonds. The first kappa shape index (κ1) is 15.6. The third-order valence-corrected chi connectivity index (χ3v) is 2.46. The maximum absolute atomic E-state index is 13.6. The molecule has 1 rings (SSSR count). The number of anilines is 1. The highest BCUT2D eigenvalue weighted by atomic mass is 19.1. The van der Waals surface area contributed by atoms with Crippen molar-refractivity contribution in [3.63, 3.8) is 0 Å². The summed E-state index contributed by atoms with van der Waals surface area (Å²) in [6, 6.07) is 2.56. The van der Waals surface area contributed by atoms with Crippen LogP contribution in [0.25, 0.3) is 0 Å². The molecular formula is C13H15FN2O4. The van der Waals surface area contributed by atoms with Gasteiger partial charge in [0, 0.05) is 13.1 Å². The SMILES string of the molecule is C=CCN(CCO)C(=O)Nc1ccc(C(=O)O)cc1F. The first-order valence-electron chi connectivity index (χ1n) is 5.80. The Labute approximate surface area is 115 Å². The lowest BCUT2D eigenvalue weighted by Crippen LogP contribution is -2.37. The Morgan fingerprint density at radius 3 is 2.65 bits per heavy atom. The van der Waals surface area contributed by atoms with Crippen LogP contribution in [0.5, 0.6) is 0 Å². The van der Waals surface area contributed by atoms with Gasteiger partial charge in [0.25, 0.3) is 0 Å². The number of aliphatic hydroxyl groups is 1. The molecule has 7 heteroatoms. The maximum atomic E-state index is 13.6. The zero-order valence-electron chi connectivity index (χ0n) is 10.7. The van der Waals surface area contributed by atoms with Crippen molar-refractivity contribution < 1.29 is 24.2 Å². The first-order chi connectivity index (χ1) is 9.49. The topological polar surface area (TPSA) is 89.9 Å². The van der Waals surface area contributed by atoms with Crippen LogP contribution in [-0.4, -0.2) is 46.8 Å². The minimum atomic E-state index is -1.25. The van der Waals surface area contributed by atoms with Gasteiger partial charge in [-0.25, -0.2) is 14.0 Å². The molecule has 0 saturated carbocycles. The molecule has 1 aromatic carbocycles. The van der Waals surface area contributed by atoms with Crippen molar-refractivity contribution in [3.05, 3.63) is 42.2 Å². The highest BCUT2D eigenvalue weighted by Gasteiger charge is 2.15. The lowest BCUT2D eigenvalue weighted by atomic mass is 10.2. The molecule has 3 N–H and O–H groups in total. The van der Waals surface area contributed by atoms with E-state index in [1.807, 2.05) is 0 Å². The van der Waals surface area contributed by atoms with Gasteiger partial charge in [0.2, 0.25) is 0 Å². The molecule has 0 aliphatic carbocycles. The van der Waals surface area contributed by atoms with E-state index in [2.05, 4.69) is 11.9 Å². The number of carboxylic acid groups (broad SMARTS) is 1. The summed E-state index contributed by atoms with van der Waals surface area (Å²) in [5.41, 5.74) is -0.342. The summed E-state index contributed by atoms with van der Waals surface area (Å²) < 4.78 is 13.6. The number of hydrogen-bond acceptors (Lipinski definition) is 3. The van der Waals surface area contributed by atoms with E-state index in [4.69, 9.17) is 10.2 Å². The van der Waals surface area contributed by atoms with Crippen molar-refractivity contribution in [1.29, 1.82) is 0 Å². The fourth-order valence-electron chi connectivity index (χ4n) is 1.50. The van der Waals surface area contributed by atoms with E-state index in [-0.39, 0.29) is 30.9 Å². The van der Waals surface area contributed by atoms with Crippen LogP contribution in [0.2, 0.25) is 0 Å². The quantitative estimate of drug-likeness (QED) is 0.690. The Morgan fingerprint density at radius 2 is 2.15 bits per heavy atom. The number of halogens is 1. The number of rotatable bonds is 6. The summed E-state index contributed by atoms with van der Waals surface area (Å²) in [5.74, 6) is -2.10. The Balaban J connectivity index is 2.83. The molecule has 0 aliphatic rings. The fraction of sp³-hybridized carbons (Fsp3) is 0.231. The summed E-state index contributed by atoms with van der Waals surface area (Å²) in [7, 11) is 0. The zero-order valence-corrected chi connectivity index (χ0v) is 10.7. The maximum Gasteiger partial charge on any atom is 0.335 e. The monoisotopic (exact) mass is 282 g/mol. The van der Waals surface area contributed by atoms with Gasteiger partial charge in [-0.1, -0.05) is 6.08 Å². The first-order valence-corrected chi connectivity index (χ1v) is 5.80. The lowest BCUT2D eigenvalue weighted by Gasteiger charge is -2.20. The Bertz CT molecular complexity index is 519. The second-order valence-corrected chi connectivity index (χ2v) is 3.89. The van der Waals surface area contributed by atoms with Gasteiger partial charge in [-0.3, -0.25) is 0 Å². The number of amides is 2. The zero-order chi connectivity index (χ0) is 15.1. The minimum absolute atomic E-state index is 0.0761. The predicted octanol–water partition coefficient (Wildman–Crippen LogP) is 1.54. The molecular weight excluding hydrogens is 267 g/mol. The fourth-order valence-corrected chi connectivity index (χ4v) is 1.50. The third kappa shape index (κ3) is 4.06. The van der Waals surface area contributed by atoms with Gasteiger partial charge in [0.1, 0.15) is 5.82 Å². The minimum Gasteiger partial charge on any atom is -0.478 e. The van der Waals surface area contributed by atoms with Crippen molar-refractivity contribution in [2.24, 2.45) is 0 Å². The van der Waals surface area contributed by atoms with E-state index in [1.165, 1.54) is 23.1 Å². The number of carboxylic acids is 1. The summed E-state index contributed by atoms with van der Waals surface area (Å²) >= 11 is 0. The number of carbonyl (C=O) groups is 2. The summed E-state index contributed by atoms with van der Waals surface area (Å²) in [6.07, 6.45) is 1.47. The highest BCUT2D eigenvalue weighted by molar-refractivity contribution is 5.91. The van der Waals surface area contributed by atoms with E-state index in [0.29, 0.717) is 0 Å². The predicted molar refractivity (Wildman–Crippen MR) is 71.2 cm³/mol. The molecule has 0 heterocycles. The molecule has 0 bridgehead atoms. The Hall–Kier alpha value is -2.41. The molecule has 0 unspecified atom stereocenters. The second-order valence-electron chi connectivity index (χ2n) is 3.89. The molecule has 1 aromatic rings. The second kappa shape index (κ2) is 7.25. The van der Waals surface area contributed by atoms with Gasteiger partial charge in [-0.05, 0) is 18.2 Å². The van der Waals surface area contributed by atoms with Crippen molar-refractivity contribution >= 4 is 17.7 Å². The molecule has 0 fully saturated rings. The number of aromatic carboxylic acids is 1. The van der Waals surface area contributed by atoms with Gasteiger partial charge in [-0.15, -0.1) is 6.58 Å². The number of urea groups is 1. The highest BCUT2D eigenvalue weighted by Crippen LogP contribution is 2.16. The van der Waals surface area contributed by atoms with Crippen molar-refractivity contribution in [2.45, 2.75) is 0 Å². The molecule has 0 aliphatic heterocycles. The molecule has 20 heavy (non-hydrogen) atoms. The number of nitrogens with one attached hydrogen (secondary N) is 1. The Morgan fingerprint density at radius 1 is 1.45 bits per heavy atom. The Kier molecular flexibility index (Phi) is 5.67. The van der Waals surface area contributed by atoms with Gasteiger partial charge in [0.05, 0.1) is 17.9 Å². The van der Waals surface area contributed by atoms with Crippen molar-refractivity contribution in [3.8, 4) is 0 Å². The molecule has 0 spiro atoms. The summed E-state index contributed by atoms with van der Waals surface area (Å²) in [5, 5.41) is 19.9. The van der Waals surface area contributed by atoms with Crippen LogP contribution >= 0.6 is 0 Å². The van der Waals surface area contributed by atoms with Crippen LogP contribution in [0.15, 0.2) is 30.9 Å². The van der Waals surface area contributed by atoms with E-state index >= 15 is 0 Å². The van der Waals surface area contributed by atoms with Crippen LogP contribution in [-0.2, 0) is 0 Å². The van der Waals surface area contributed by atoms with Crippen molar-refractivity contribution in [2.75, 3.05) is 25.0 Å². The standard InChI is InChI=1S/C13H15FN2O4/c1-2-5-16(6-7-17)13(20)15-11-4-3-9(12(18)19)8-10(11)14/h2-4,8,17H,1,5-7H2,(H,15,20)(H,18,19). The normalized spacial score (nSPS) is 9.90. The van der Waals surface area contributed by atoms with Crippen LogP contribution in [0, 0.1) is 5.82 Å². The summed E-state index contributed by atoms with van der Waals surface area (Å²) in [6.45, 7) is 3.52. The largest absolute Gasteiger partial charge is 0.478 e. The van der Waals surface area contributed by atoms with E-state index < -0.39 is 17.8 Å². The summed E-state index contributed by atoms with van der Waals surface area (Å²) in [4.78, 5) is 23.7. The van der Waals surface area contributed by atoms with Crippen LogP contribution < -0.4 is 5.32 Å². The number of aliphatic hydroxyl groups excluding tert-OH is 1. The van der Waals surface area contributed by atoms with Gasteiger partial charge >= 0.3 is 12.0 Å². The third-order valence-electron chi connectivity index (χ3n) is 2.46. The van der Waals surface area contributed by atoms with Gasteiger partial charge in [-0.2, -0.15) is 0 Å². The van der Waals surface area contributed by atoms with Gasteiger partial charge in [0.15, 0.2) is 0 Å². The van der Waals surface area contributed by atoms with E-state index in [0.717, 1.165) is 6.07 Å². The average molecular weight is 282 g/mol. The average Bonchev–Trinajstić information content (AvgIpc) is 2.40. The lowest BCUT2D eigenvalue weighted by molar-refractivity contribution is 0.0696. The van der Waals surface area contributed by atoms with E-state index in [9.17, 15) is 14.0 Å². The molecule has 6 nitrogen and oxygen atoms in total. The molecule has 0 saturated heterocycles. The van der Waals surface area contributed by atoms with Crippen LogP contribution in [0.3, 0.4) is 0 Å². The number of hydrogen-bond donors (Lipinski definition) is 3. The number of nitrogens with zero attached hydrogens (tertiary/aromatic N) is 1. The number of carbonyl (C=O) groups excluding carboxylic acids is 1. The smallest absolute Gasteiger partial charge is 0.335 e.